The zero-order valence-electron chi connectivity index (χ0n) is 11.0. The number of hydrogen-bond donors (Lipinski definition) is 4. The van der Waals surface area contributed by atoms with Crippen molar-refractivity contribution in [3.05, 3.63) is 42.5 Å². The molecular weight excluding hydrogens is 260 g/mol. The van der Waals surface area contributed by atoms with Gasteiger partial charge in [0, 0.05) is 13.0 Å². The molecule has 108 valence electrons. The van der Waals surface area contributed by atoms with Crippen molar-refractivity contribution in [1.82, 2.24) is 10.6 Å². The maximum atomic E-state index is 11.5. The molecule has 1 aromatic carbocycles. The molecule has 4 N–H and O–H groups in total. The topological polar surface area (TPSA) is 98.7 Å². The zero-order valence-corrected chi connectivity index (χ0v) is 11.0. The summed E-state index contributed by atoms with van der Waals surface area (Å²) >= 11 is 0. The molecular formula is C14H18N2O4. The van der Waals surface area contributed by atoms with Crippen molar-refractivity contribution >= 4 is 12.0 Å². The summed E-state index contributed by atoms with van der Waals surface area (Å²) in [7, 11) is 0. The summed E-state index contributed by atoms with van der Waals surface area (Å²) in [6.45, 7) is 3.93. The fourth-order valence-electron chi connectivity index (χ4n) is 1.56. The average Bonchev–Trinajstić information content (AvgIpc) is 2.40. The average molecular weight is 278 g/mol. The van der Waals surface area contributed by atoms with Gasteiger partial charge in [-0.15, -0.1) is 6.58 Å². The van der Waals surface area contributed by atoms with Crippen LogP contribution in [-0.4, -0.2) is 34.8 Å². The van der Waals surface area contributed by atoms with Crippen molar-refractivity contribution in [2.24, 2.45) is 0 Å². The van der Waals surface area contributed by atoms with Crippen LogP contribution in [0.15, 0.2) is 36.9 Å². The molecule has 0 aliphatic rings. The highest BCUT2D eigenvalue weighted by molar-refractivity contribution is 5.82. The molecule has 20 heavy (non-hydrogen) atoms. The molecule has 0 aliphatic carbocycles. The van der Waals surface area contributed by atoms with E-state index in [-0.39, 0.29) is 12.2 Å². The Morgan fingerprint density at radius 2 is 1.95 bits per heavy atom. The van der Waals surface area contributed by atoms with E-state index in [1.54, 1.807) is 18.2 Å². The van der Waals surface area contributed by atoms with Crippen LogP contribution in [0.4, 0.5) is 4.79 Å². The fraction of sp³-hybridized carbons (Fsp3) is 0.286. The molecule has 0 aliphatic heterocycles. The van der Waals surface area contributed by atoms with Gasteiger partial charge in [-0.2, -0.15) is 0 Å². The monoisotopic (exact) mass is 278 g/mol. The van der Waals surface area contributed by atoms with E-state index in [2.05, 4.69) is 17.2 Å². The first-order chi connectivity index (χ1) is 9.52. The van der Waals surface area contributed by atoms with Crippen LogP contribution in [0.25, 0.3) is 0 Å². The highest BCUT2D eigenvalue weighted by Crippen LogP contribution is 2.11. The molecule has 0 fully saturated rings. The van der Waals surface area contributed by atoms with Crippen LogP contribution in [0.3, 0.4) is 0 Å². The summed E-state index contributed by atoms with van der Waals surface area (Å²) < 4.78 is 0. The summed E-state index contributed by atoms with van der Waals surface area (Å²) in [4.78, 5) is 22.6. The van der Waals surface area contributed by atoms with Crippen LogP contribution < -0.4 is 10.6 Å². The fourth-order valence-corrected chi connectivity index (χ4v) is 1.56. The van der Waals surface area contributed by atoms with E-state index in [1.165, 1.54) is 12.1 Å². The molecule has 0 bridgehead atoms. The third-order valence-electron chi connectivity index (χ3n) is 2.61. The van der Waals surface area contributed by atoms with Crippen molar-refractivity contribution in [3.63, 3.8) is 0 Å². The number of phenolic OH excluding ortho intramolecular Hbond substituents is 1. The number of aromatic hydroxyl groups is 1. The number of aliphatic carboxylic acids is 1. The first-order valence-corrected chi connectivity index (χ1v) is 6.19. The molecule has 0 radical (unpaired) electrons. The Bertz CT molecular complexity index is 471. The van der Waals surface area contributed by atoms with E-state index in [0.717, 1.165) is 0 Å². The lowest BCUT2D eigenvalue weighted by molar-refractivity contribution is -0.139. The Morgan fingerprint density at radius 3 is 2.50 bits per heavy atom. The van der Waals surface area contributed by atoms with Crippen molar-refractivity contribution < 1.29 is 19.8 Å². The van der Waals surface area contributed by atoms with Crippen LogP contribution in [0.5, 0.6) is 5.75 Å². The Labute approximate surface area is 117 Å². The van der Waals surface area contributed by atoms with E-state index >= 15 is 0 Å². The molecule has 0 saturated heterocycles. The first kappa shape index (κ1) is 15.6. The molecule has 0 aromatic heterocycles. The van der Waals surface area contributed by atoms with Crippen molar-refractivity contribution in [1.29, 1.82) is 0 Å². The van der Waals surface area contributed by atoms with Gasteiger partial charge in [-0.25, -0.2) is 9.59 Å². The number of amides is 2. The molecule has 0 saturated carbocycles. The second-order valence-corrected chi connectivity index (χ2v) is 4.24. The number of hydrogen-bond acceptors (Lipinski definition) is 3. The molecule has 0 spiro atoms. The van der Waals surface area contributed by atoms with E-state index in [4.69, 9.17) is 10.2 Å². The molecule has 0 heterocycles. The van der Waals surface area contributed by atoms with Gasteiger partial charge in [-0.05, 0) is 24.1 Å². The number of carboxylic acids is 1. The number of urea groups is 1. The predicted octanol–water partition coefficient (Wildman–Crippen LogP) is 1.26. The van der Waals surface area contributed by atoms with Gasteiger partial charge in [-0.3, -0.25) is 0 Å². The van der Waals surface area contributed by atoms with Crippen molar-refractivity contribution in [2.75, 3.05) is 6.54 Å². The standard InChI is InChI=1S/C14H18N2O4/c1-2-3-8-15-14(20)16-12(13(18)19)9-10-4-6-11(17)7-5-10/h2,4-7,12,17H,1,3,8-9H2,(H,18,19)(H2,15,16,20)/t12-/m1/s1. The van der Waals surface area contributed by atoms with Gasteiger partial charge in [0.2, 0.25) is 0 Å². The van der Waals surface area contributed by atoms with Gasteiger partial charge in [0.15, 0.2) is 0 Å². The maximum Gasteiger partial charge on any atom is 0.326 e. The third-order valence-corrected chi connectivity index (χ3v) is 2.61. The maximum absolute atomic E-state index is 11.5. The Hall–Kier alpha value is -2.50. The second kappa shape index (κ2) is 7.83. The van der Waals surface area contributed by atoms with Crippen LogP contribution in [0.1, 0.15) is 12.0 Å². The number of phenols is 1. The normalized spacial score (nSPS) is 11.4. The van der Waals surface area contributed by atoms with Gasteiger partial charge in [0.05, 0.1) is 0 Å². The lowest BCUT2D eigenvalue weighted by atomic mass is 10.1. The molecule has 1 rings (SSSR count). The first-order valence-electron chi connectivity index (χ1n) is 6.19. The van der Waals surface area contributed by atoms with Gasteiger partial charge in [-0.1, -0.05) is 18.2 Å². The Morgan fingerprint density at radius 1 is 1.30 bits per heavy atom. The summed E-state index contributed by atoms with van der Waals surface area (Å²) in [5.41, 5.74) is 0.710. The molecule has 2 amide bonds. The zero-order chi connectivity index (χ0) is 15.0. The van der Waals surface area contributed by atoms with E-state index in [9.17, 15) is 9.59 Å². The summed E-state index contributed by atoms with van der Waals surface area (Å²) in [5.74, 6) is -1.01. The van der Waals surface area contributed by atoms with E-state index in [0.29, 0.717) is 18.5 Å². The number of carboxylic acid groups (broad SMARTS) is 1. The van der Waals surface area contributed by atoms with E-state index in [1.807, 2.05) is 0 Å². The number of benzene rings is 1. The van der Waals surface area contributed by atoms with Crippen molar-refractivity contribution in [3.8, 4) is 5.75 Å². The minimum atomic E-state index is -1.11. The number of carbonyl (C=O) groups is 2. The van der Waals surface area contributed by atoms with Crippen LogP contribution in [0.2, 0.25) is 0 Å². The molecule has 1 atom stereocenters. The quantitative estimate of drug-likeness (QED) is 0.446. The number of nitrogens with one attached hydrogen (secondary N) is 2. The summed E-state index contributed by atoms with van der Waals surface area (Å²) in [6, 6.07) is 4.61. The van der Waals surface area contributed by atoms with E-state index < -0.39 is 18.0 Å². The van der Waals surface area contributed by atoms with Gasteiger partial charge < -0.3 is 20.8 Å². The highest BCUT2D eigenvalue weighted by atomic mass is 16.4. The Balaban J connectivity index is 2.56. The number of carbonyl (C=O) groups excluding carboxylic acids is 1. The lowest BCUT2D eigenvalue weighted by Gasteiger charge is -2.15. The summed E-state index contributed by atoms with van der Waals surface area (Å²) in [5, 5.41) is 23.2. The smallest absolute Gasteiger partial charge is 0.326 e. The lowest BCUT2D eigenvalue weighted by Crippen LogP contribution is -2.47. The predicted molar refractivity (Wildman–Crippen MR) is 74.6 cm³/mol. The van der Waals surface area contributed by atoms with Crippen LogP contribution in [0, 0.1) is 0 Å². The third kappa shape index (κ3) is 5.43. The molecule has 6 heteroatoms. The molecule has 6 nitrogen and oxygen atoms in total. The van der Waals surface area contributed by atoms with Gasteiger partial charge >= 0.3 is 12.0 Å². The second-order valence-electron chi connectivity index (χ2n) is 4.24. The minimum Gasteiger partial charge on any atom is -0.508 e. The van der Waals surface area contributed by atoms with Crippen molar-refractivity contribution in [2.45, 2.75) is 18.9 Å². The Kier molecular flexibility index (Phi) is 6.09. The largest absolute Gasteiger partial charge is 0.508 e. The van der Waals surface area contributed by atoms with Crippen LogP contribution >= 0.6 is 0 Å². The SMILES string of the molecule is C=CCCNC(=O)N[C@H](Cc1ccc(O)cc1)C(=O)O. The number of rotatable bonds is 7. The van der Waals surface area contributed by atoms with Crippen LogP contribution in [-0.2, 0) is 11.2 Å². The van der Waals surface area contributed by atoms with Gasteiger partial charge in [0.25, 0.3) is 0 Å². The highest BCUT2D eigenvalue weighted by Gasteiger charge is 2.20. The minimum absolute atomic E-state index is 0.107. The molecule has 0 unspecified atom stereocenters. The van der Waals surface area contributed by atoms with Gasteiger partial charge in [0.1, 0.15) is 11.8 Å². The molecule has 1 aromatic rings. The summed E-state index contributed by atoms with van der Waals surface area (Å²) in [6.07, 6.45) is 2.42.